The molecule has 0 radical (unpaired) electrons. The van der Waals surface area contributed by atoms with E-state index >= 15 is 0 Å². The Balaban J connectivity index is 1.83. The van der Waals surface area contributed by atoms with Crippen LogP contribution in [-0.4, -0.2) is 4.98 Å². The second-order valence-electron chi connectivity index (χ2n) is 4.20. The van der Waals surface area contributed by atoms with E-state index in [1.807, 2.05) is 0 Å². The van der Waals surface area contributed by atoms with Crippen LogP contribution in [0.4, 0.5) is 10.1 Å². The van der Waals surface area contributed by atoms with Crippen molar-refractivity contribution in [1.82, 2.24) is 4.98 Å². The first-order valence-electron chi connectivity index (χ1n) is 5.85. The molecule has 6 heteroatoms. The molecule has 0 aliphatic heterocycles. The number of hydrogen-bond acceptors (Lipinski definition) is 4. The van der Waals surface area contributed by atoms with E-state index in [4.69, 9.17) is 21.8 Å². The molecule has 0 aliphatic carbocycles. The summed E-state index contributed by atoms with van der Waals surface area (Å²) in [5.74, 6) is 0.0266. The number of oxazole rings is 1. The van der Waals surface area contributed by atoms with Crippen molar-refractivity contribution in [2.45, 2.75) is 11.0 Å². The summed E-state index contributed by atoms with van der Waals surface area (Å²) in [5, 5.41) is 0.864. The third kappa shape index (κ3) is 2.59. The molecule has 0 saturated carbocycles. The van der Waals surface area contributed by atoms with Crippen LogP contribution in [0.25, 0.3) is 11.1 Å². The van der Waals surface area contributed by atoms with E-state index in [2.05, 4.69) is 4.98 Å². The van der Waals surface area contributed by atoms with E-state index in [0.29, 0.717) is 32.8 Å². The van der Waals surface area contributed by atoms with Crippen LogP contribution in [-0.2, 0) is 5.75 Å². The molecule has 2 aromatic carbocycles. The summed E-state index contributed by atoms with van der Waals surface area (Å²) in [5.41, 5.74) is 8.08. The first kappa shape index (κ1) is 13.3. The van der Waals surface area contributed by atoms with Crippen LogP contribution < -0.4 is 5.73 Å². The quantitative estimate of drug-likeness (QED) is 0.572. The molecule has 0 amide bonds. The Bertz CT molecular complexity index is 755. The lowest BCUT2D eigenvalue weighted by Gasteiger charge is -2.03. The second kappa shape index (κ2) is 5.34. The van der Waals surface area contributed by atoms with E-state index in [0.717, 1.165) is 5.52 Å². The normalized spacial score (nSPS) is 11.1. The molecule has 3 nitrogen and oxygen atoms in total. The maximum atomic E-state index is 13.6. The summed E-state index contributed by atoms with van der Waals surface area (Å²) < 4.78 is 19.2. The van der Waals surface area contributed by atoms with Gasteiger partial charge in [0.05, 0.1) is 0 Å². The number of thioether (sulfide) groups is 1. The van der Waals surface area contributed by atoms with Crippen molar-refractivity contribution in [3.05, 3.63) is 52.8 Å². The van der Waals surface area contributed by atoms with Gasteiger partial charge in [0.25, 0.3) is 5.22 Å². The van der Waals surface area contributed by atoms with Crippen LogP contribution in [0, 0.1) is 5.82 Å². The number of hydrogen-bond donors (Lipinski definition) is 1. The van der Waals surface area contributed by atoms with Gasteiger partial charge in [-0.3, -0.25) is 0 Å². The highest BCUT2D eigenvalue weighted by atomic mass is 35.5. The molecule has 3 aromatic rings. The van der Waals surface area contributed by atoms with Crippen molar-refractivity contribution in [1.29, 1.82) is 0 Å². The molecule has 0 unspecified atom stereocenters. The molecule has 0 aliphatic rings. The van der Waals surface area contributed by atoms with Crippen LogP contribution in [0.1, 0.15) is 5.56 Å². The molecule has 3 rings (SSSR count). The Labute approximate surface area is 123 Å². The number of halogens is 2. The SMILES string of the molecule is Nc1ccc2nc(SCc3c(F)cccc3Cl)oc2c1. The molecule has 0 spiro atoms. The first-order chi connectivity index (χ1) is 9.63. The van der Waals surface area contributed by atoms with E-state index in [-0.39, 0.29) is 5.82 Å². The lowest BCUT2D eigenvalue weighted by Crippen LogP contribution is -1.88. The molecule has 1 aromatic heterocycles. The summed E-state index contributed by atoms with van der Waals surface area (Å²) in [6, 6.07) is 9.87. The number of benzene rings is 2. The highest BCUT2D eigenvalue weighted by Gasteiger charge is 2.11. The predicted octanol–water partition coefficient (Wildman–Crippen LogP) is 4.49. The van der Waals surface area contributed by atoms with Crippen molar-refractivity contribution in [3.63, 3.8) is 0 Å². The summed E-state index contributed by atoms with van der Waals surface area (Å²) in [6.45, 7) is 0. The van der Waals surface area contributed by atoms with Gasteiger partial charge in [-0.1, -0.05) is 29.4 Å². The minimum atomic E-state index is -0.328. The molecule has 0 atom stereocenters. The fourth-order valence-corrected chi connectivity index (χ4v) is 2.97. The van der Waals surface area contributed by atoms with E-state index < -0.39 is 0 Å². The Kier molecular flexibility index (Phi) is 3.54. The van der Waals surface area contributed by atoms with Gasteiger partial charge < -0.3 is 10.2 Å². The third-order valence-electron chi connectivity index (χ3n) is 2.79. The molecule has 0 saturated heterocycles. The number of aromatic nitrogens is 1. The van der Waals surface area contributed by atoms with Crippen molar-refractivity contribution < 1.29 is 8.81 Å². The Hall–Kier alpha value is -1.72. The van der Waals surface area contributed by atoms with Gasteiger partial charge in [-0.2, -0.15) is 0 Å². The van der Waals surface area contributed by atoms with Gasteiger partial charge in [0.1, 0.15) is 11.3 Å². The van der Waals surface area contributed by atoms with Crippen molar-refractivity contribution >= 4 is 40.1 Å². The number of nitrogen functional groups attached to an aromatic ring is 1. The standard InChI is InChI=1S/C14H10ClFN2OS/c15-10-2-1-3-11(16)9(10)7-20-14-18-12-5-4-8(17)6-13(12)19-14/h1-6H,7,17H2. The number of anilines is 1. The maximum absolute atomic E-state index is 13.6. The van der Waals surface area contributed by atoms with Crippen LogP contribution in [0.15, 0.2) is 46.0 Å². The highest BCUT2D eigenvalue weighted by molar-refractivity contribution is 7.98. The van der Waals surface area contributed by atoms with E-state index in [1.165, 1.54) is 17.8 Å². The average Bonchev–Trinajstić information content (AvgIpc) is 2.80. The van der Waals surface area contributed by atoms with Crippen LogP contribution >= 0.6 is 23.4 Å². The van der Waals surface area contributed by atoms with Gasteiger partial charge in [0, 0.05) is 28.1 Å². The van der Waals surface area contributed by atoms with Gasteiger partial charge in [-0.25, -0.2) is 9.37 Å². The van der Waals surface area contributed by atoms with Crippen molar-refractivity contribution in [3.8, 4) is 0 Å². The van der Waals surface area contributed by atoms with Crippen molar-refractivity contribution in [2.75, 3.05) is 5.73 Å². The van der Waals surface area contributed by atoms with E-state index in [1.54, 1.807) is 30.3 Å². The van der Waals surface area contributed by atoms with Gasteiger partial charge in [-0.15, -0.1) is 0 Å². The lowest BCUT2D eigenvalue weighted by molar-refractivity contribution is 0.489. The number of nitrogens with two attached hydrogens (primary N) is 1. The van der Waals surface area contributed by atoms with Crippen LogP contribution in [0.3, 0.4) is 0 Å². The second-order valence-corrected chi connectivity index (χ2v) is 5.53. The number of rotatable bonds is 3. The third-order valence-corrected chi connectivity index (χ3v) is 4.00. The van der Waals surface area contributed by atoms with Gasteiger partial charge >= 0.3 is 0 Å². The summed E-state index contributed by atoms with van der Waals surface area (Å²) in [4.78, 5) is 4.30. The molecule has 0 bridgehead atoms. The monoisotopic (exact) mass is 308 g/mol. The summed E-state index contributed by atoms with van der Waals surface area (Å²) >= 11 is 7.26. The minimum Gasteiger partial charge on any atom is -0.431 e. The summed E-state index contributed by atoms with van der Waals surface area (Å²) in [7, 11) is 0. The zero-order valence-corrected chi connectivity index (χ0v) is 11.8. The molecular formula is C14H10ClFN2OS. The molecule has 102 valence electrons. The smallest absolute Gasteiger partial charge is 0.257 e. The zero-order chi connectivity index (χ0) is 14.1. The number of fused-ring (bicyclic) bond motifs is 1. The van der Waals surface area contributed by atoms with Gasteiger partial charge in [0.15, 0.2) is 5.58 Å². The molecular weight excluding hydrogens is 299 g/mol. The maximum Gasteiger partial charge on any atom is 0.257 e. The Morgan fingerprint density at radius 1 is 1.30 bits per heavy atom. The first-order valence-corrected chi connectivity index (χ1v) is 7.21. The van der Waals surface area contributed by atoms with Crippen molar-refractivity contribution in [2.24, 2.45) is 0 Å². The molecule has 20 heavy (non-hydrogen) atoms. The van der Waals surface area contributed by atoms with Crippen LogP contribution in [0.2, 0.25) is 5.02 Å². The Morgan fingerprint density at radius 2 is 2.15 bits per heavy atom. The largest absolute Gasteiger partial charge is 0.431 e. The van der Waals surface area contributed by atoms with Gasteiger partial charge in [0.2, 0.25) is 0 Å². The summed E-state index contributed by atoms with van der Waals surface area (Å²) in [6.07, 6.45) is 0. The zero-order valence-electron chi connectivity index (χ0n) is 10.3. The molecule has 2 N–H and O–H groups in total. The Morgan fingerprint density at radius 3 is 2.95 bits per heavy atom. The highest BCUT2D eigenvalue weighted by Crippen LogP contribution is 2.30. The molecule has 0 fully saturated rings. The fourth-order valence-electron chi connectivity index (χ4n) is 1.79. The predicted molar refractivity (Wildman–Crippen MR) is 79.4 cm³/mol. The fraction of sp³-hybridized carbons (Fsp3) is 0.0714. The topological polar surface area (TPSA) is 52.0 Å². The lowest BCUT2D eigenvalue weighted by atomic mass is 10.2. The van der Waals surface area contributed by atoms with Gasteiger partial charge in [-0.05, 0) is 24.3 Å². The average molecular weight is 309 g/mol. The molecule has 1 heterocycles. The number of nitrogens with zero attached hydrogens (tertiary/aromatic N) is 1. The minimum absolute atomic E-state index is 0.328. The van der Waals surface area contributed by atoms with E-state index in [9.17, 15) is 4.39 Å². The van der Waals surface area contributed by atoms with Crippen LogP contribution in [0.5, 0.6) is 0 Å².